The lowest BCUT2D eigenvalue weighted by atomic mass is 9.95. The van der Waals surface area contributed by atoms with Crippen LogP contribution in [0, 0.1) is 13.8 Å². The topological polar surface area (TPSA) is 96.6 Å². The van der Waals surface area contributed by atoms with Crippen molar-refractivity contribution < 1.29 is 14.7 Å². The molecule has 2 heterocycles. The normalized spacial score (nSPS) is 13.6. The molecule has 0 saturated heterocycles. The van der Waals surface area contributed by atoms with E-state index < -0.39 is 11.5 Å². The maximum absolute atomic E-state index is 12.4. The van der Waals surface area contributed by atoms with Crippen molar-refractivity contribution in [1.82, 2.24) is 19.9 Å². The molecular formula is C21H26N4O3. The largest absolute Gasteiger partial charge is 0.480 e. The van der Waals surface area contributed by atoms with Gasteiger partial charge in [0, 0.05) is 23.2 Å². The van der Waals surface area contributed by atoms with Crippen LogP contribution in [-0.4, -0.2) is 37.1 Å². The van der Waals surface area contributed by atoms with E-state index in [1.54, 1.807) is 6.92 Å². The number of carbonyl (C=O) groups is 2. The van der Waals surface area contributed by atoms with Crippen molar-refractivity contribution in [2.24, 2.45) is 0 Å². The highest BCUT2D eigenvalue weighted by molar-refractivity contribution is 5.92. The number of aromatic nitrogens is 3. The molecule has 2 N–H and O–H groups in total. The summed E-state index contributed by atoms with van der Waals surface area (Å²) >= 11 is 0. The third kappa shape index (κ3) is 3.56. The van der Waals surface area contributed by atoms with Gasteiger partial charge in [0.1, 0.15) is 5.54 Å². The molecule has 0 spiro atoms. The predicted molar refractivity (Wildman–Crippen MR) is 107 cm³/mol. The maximum atomic E-state index is 12.4. The summed E-state index contributed by atoms with van der Waals surface area (Å²) in [5.74, 6) is -1.29. The number of rotatable bonds is 7. The monoisotopic (exact) mass is 382 g/mol. The minimum Gasteiger partial charge on any atom is -0.480 e. The van der Waals surface area contributed by atoms with E-state index in [1.807, 2.05) is 49.6 Å². The number of carboxylic acids is 1. The Labute approximate surface area is 163 Å². The molecule has 1 amide bonds. The number of nitrogens with zero attached hydrogens (tertiary/aromatic N) is 3. The fourth-order valence-corrected chi connectivity index (χ4v) is 3.67. The van der Waals surface area contributed by atoms with E-state index >= 15 is 0 Å². The van der Waals surface area contributed by atoms with Gasteiger partial charge >= 0.3 is 5.97 Å². The van der Waals surface area contributed by atoms with Crippen LogP contribution in [0.3, 0.4) is 0 Å². The average molecular weight is 382 g/mol. The van der Waals surface area contributed by atoms with E-state index in [0.717, 1.165) is 33.5 Å². The number of carboxylic acid groups (broad SMARTS) is 1. The number of aryl methyl sites for hydroxylation is 2. The van der Waals surface area contributed by atoms with Gasteiger partial charge in [-0.2, -0.15) is 5.10 Å². The number of fused-ring (bicyclic) bond motifs is 3. The third-order valence-electron chi connectivity index (χ3n) is 5.26. The van der Waals surface area contributed by atoms with Gasteiger partial charge < -0.3 is 10.4 Å². The molecule has 1 atom stereocenters. The molecule has 0 saturated carbocycles. The van der Waals surface area contributed by atoms with Crippen molar-refractivity contribution in [3.63, 3.8) is 0 Å². The SMILES string of the molecule is CCCC(C)(NC(=O)CCc1c(C)nc2c3ccccc3nn2c1C)C(=O)O. The molecule has 0 aliphatic rings. The van der Waals surface area contributed by atoms with Crippen molar-refractivity contribution in [1.29, 1.82) is 0 Å². The quantitative estimate of drug-likeness (QED) is 0.654. The van der Waals surface area contributed by atoms with E-state index in [0.29, 0.717) is 19.3 Å². The lowest BCUT2D eigenvalue weighted by Crippen LogP contribution is -2.52. The lowest BCUT2D eigenvalue weighted by molar-refractivity contribution is -0.147. The van der Waals surface area contributed by atoms with Crippen LogP contribution in [-0.2, 0) is 16.0 Å². The summed E-state index contributed by atoms with van der Waals surface area (Å²) in [7, 11) is 0. The summed E-state index contributed by atoms with van der Waals surface area (Å²) in [5, 5.41) is 17.7. The number of amides is 1. The Hall–Kier alpha value is -2.96. The summed E-state index contributed by atoms with van der Waals surface area (Å²) in [5.41, 5.74) is 3.21. The van der Waals surface area contributed by atoms with Crippen LogP contribution in [0.1, 0.15) is 50.1 Å². The van der Waals surface area contributed by atoms with Crippen molar-refractivity contribution in [3.05, 3.63) is 41.2 Å². The standard InChI is InChI=1S/C21H26N4O3/c1-5-12-21(4,20(27)28)23-18(26)11-10-15-13(2)22-19-16-8-6-7-9-17(16)24-25(19)14(15)3/h6-9H,5,10-12H2,1-4H3,(H,23,26)(H,27,28). The highest BCUT2D eigenvalue weighted by Crippen LogP contribution is 2.23. The van der Waals surface area contributed by atoms with Gasteiger partial charge in [-0.1, -0.05) is 25.5 Å². The molecule has 3 aromatic rings. The van der Waals surface area contributed by atoms with E-state index in [4.69, 9.17) is 4.98 Å². The molecule has 148 valence electrons. The average Bonchev–Trinajstić information content (AvgIpc) is 3.00. The Morgan fingerprint density at radius 3 is 2.64 bits per heavy atom. The van der Waals surface area contributed by atoms with Crippen LogP contribution in [0.15, 0.2) is 24.3 Å². The van der Waals surface area contributed by atoms with Gasteiger partial charge in [0.2, 0.25) is 5.91 Å². The molecule has 0 bridgehead atoms. The highest BCUT2D eigenvalue weighted by Gasteiger charge is 2.33. The minimum atomic E-state index is -1.24. The Balaban J connectivity index is 1.83. The van der Waals surface area contributed by atoms with Gasteiger partial charge in [-0.15, -0.1) is 0 Å². The van der Waals surface area contributed by atoms with Gasteiger partial charge in [0.15, 0.2) is 5.65 Å². The summed E-state index contributed by atoms with van der Waals surface area (Å²) in [4.78, 5) is 28.7. The maximum Gasteiger partial charge on any atom is 0.329 e. The molecule has 0 aliphatic carbocycles. The zero-order chi connectivity index (χ0) is 20.5. The van der Waals surface area contributed by atoms with Crippen molar-refractivity contribution in [3.8, 4) is 0 Å². The minimum absolute atomic E-state index is 0.197. The summed E-state index contributed by atoms with van der Waals surface area (Å²) in [6, 6.07) is 7.85. The van der Waals surface area contributed by atoms with Gasteiger partial charge in [-0.05, 0) is 51.3 Å². The van der Waals surface area contributed by atoms with Gasteiger partial charge in [0.25, 0.3) is 0 Å². The molecule has 7 nitrogen and oxygen atoms in total. The van der Waals surface area contributed by atoms with Crippen molar-refractivity contribution >= 4 is 28.4 Å². The molecule has 0 aliphatic heterocycles. The third-order valence-corrected chi connectivity index (χ3v) is 5.26. The van der Waals surface area contributed by atoms with E-state index in [1.165, 1.54) is 0 Å². The number of hydrogen-bond donors (Lipinski definition) is 2. The van der Waals surface area contributed by atoms with Crippen molar-refractivity contribution in [2.75, 3.05) is 0 Å². The number of nitrogens with one attached hydrogen (secondary N) is 1. The van der Waals surface area contributed by atoms with Crippen LogP contribution < -0.4 is 5.32 Å². The van der Waals surface area contributed by atoms with Crippen LogP contribution in [0.4, 0.5) is 0 Å². The van der Waals surface area contributed by atoms with Crippen molar-refractivity contribution in [2.45, 2.75) is 58.9 Å². The Kier molecular flexibility index (Phi) is 5.36. The fourth-order valence-electron chi connectivity index (χ4n) is 3.67. The fraction of sp³-hybridized carbons (Fsp3) is 0.429. The first kappa shape index (κ1) is 19.8. The van der Waals surface area contributed by atoms with Gasteiger partial charge in [-0.25, -0.2) is 14.3 Å². The molecule has 28 heavy (non-hydrogen) atoms. The Morgan fingerprint density at radius 1 is 1.25 bits per heavy atom. The second-order valence-corrected chi connectivity index (χ2v) is 7.45. The molecular weight excluding hydrogens is 356 g/mol. The zero-order valence-corrected chi connectivity index (χ0v) is 16.7. The first-order chi connectivity index (χ1) is 13.3. The summed E-state index contributed by atoms with van der Waals surface area (Å²) < 4.78 is 1.82. The zero-order valence-electron chi connectivity index (χ0n) is 16.7. The van der Waals surface area contributed by atoms with E-state index in [-0.39, 0.29) is 12.3 Å². The molecule has 0 fully saturated rings. The smallest absolute Gasteiger partial charge is 0.329 e. The second kappa shape index (κ2) is 7.58. The molecule has 7 heteroatoms. The highest BCUT2D eigenvalue weighted by atomic mass is 16.4. The second-order valence-electron chi connectivity index (χ2n) is 7.45. The first-order valence-electron chi connectivity index (χ1n) is 9.55. The van der Waals surface area contributed by atoms with Gasteiger partial charge in [0.05, 0.1) is 5.52 Å². The number of aliphatic carboxylic acids is 1. The summed E-state index contributed by atoms with van der Waals surface area (Å²) in [6.45, 7) is 7.35. The van der Waals surface area contributed by atoms with Crippen LogP contribution in [0.5, 0.6) is 0 Å². The Bertz CT molecular complexity index is 1060. The number of carbonyl (C=O) groups excluding carboxylic acids is 1. The molecule has 0 radical (unpaired) electrons. The number of hydrogen-bond acceptors (Lipinski definition) is 4. The molecule has 2 aromatic heterocycles. The molecule has 1 unspecified atom stereocenters. The van der Waals surface area contributed by atoms with E-state index in [9.17, 15) is 14.7 Å². The number of benzene rings is 1. The predicted octanol–water partition coefficient (Wildman–Crippen LogP) is 3.19. The van der Waals surface area contributed by atoms with Crippen LogP contribution >= 0.6 is 0 Å². The summed E-state index contributed by atoms with van der Waals surface area (Å²) in [6.07, 6.45) is 1.74. The van der Waals surface area contributed by atoms with Crippen LogP contribution in [0.25, 0.3) is 16.6 Å². The van der Waals surface area contributed by atoms with Gasteiger partial charge in [-0.3, -0.25) is 4.79 Å². The molecule has 3 rings (SSSR count). The lowest BCUT2D eigenvalue weighted by Gasteiger charge is -2.25. The van der Waals surface area contributed by atoms with E-state index in [2.05, 4.69) is 10.4 Å². The Morgan fingerprint density at radius 2 is 1.96 bits per heavy atom. The first-order valence-corrected chi connectivity index (χ1v) is 9.55. The van der Waals surface area contributed by atoms with Crippen LogP contribution in [0.2, 0.25) is 0 Å². The molecule has 1 aromatic carbocycles.